The molecule has 2 aromatic heterocycles. The maximum atomic E-state index is 12.1. The highest BCUT2D eigenvalue weighted by Gasteiger charge is 2.20. The summed E-state index contributed by atoms with van der Waals surface area (Å²) in [5.41, 5.74) is 6.60. The highest BCUT2D eigenvalue weighted by Crippen LogP contribution is 2.14. The Hall–Kier alpha value is -3.30. The Morgan fingerprint density at radius 2 is 1.23 bits per heavy atom. The van der Waals surface area contributed by atoms with Crippen molar-refractivity contribution in [3.63, 3.8) is 0 Å². The van der Waals surface area contributed by atoms with Gasteiger partial charge in [-0.3, -0.25) is 9.59 Å². The molecule has 3 rings (SSSR count). The predicted molar refractivity (Wildman–Crippen MR) is 143 cm³/mol. The Labute approximate surface area is 228 Å². The molecular weight excluding hydrogens is 508 g/mol. The average Bonchev–Trinajstić information content (AvgIpc) is 2.99. The SMILES string of the molecule is NCCOCCOCCOCCOCCC(=O)NCc1cnc(N2CCN(c3ncc(C=O)cn3)CC2)nc1. The van der Waals surface area contributed by atoms with Crippen LogP contribution in [-0.2, 0) is 30.3 Å². The van der Waals surface area contributed by atoms with E-state index in [1.54, 1.807) is 12.4 Å². The second-order valence-corrected chi connectivity index (χ2v) is 8.56. The minimum absolute atomic E-state index is 0.107. The number of ether oxygens (including phenoxy) is 4. The van der Waals surface area contributed by atoms with Gasteiger partial charge in [-0.15, -0.1) is 0 Å². The zero-order chi connectivity index (χ0) is 27.5. The first-order valence-electron chi connectivity index (χ1n) is 13.1. The van der Waals surface area contributed by atoms with Gasteiger partial charge in [-0.05, 0) is 0 Å². The quantitative estimate of drug-likeness (QED) is 0.170. The molecule has 0 atom stereocenters. The zero-order valence-electron chi connectivity index (χ0n) is 22.2. The first kappa shape index (κ1) is 30.2. The van der Waals surface area contributed by atoms with Crippen molar-refractivity contribution < 1.29 is 28.5 Å². The lowest BCUT2D eigenvalue weighted by Gasteiger charge is -2.34. The van der Waals surface area contributed by atoms with Crippen LogP contribution in [0.25, 0.3) is 0 Å². The maximum Gasteiger partial charge on any atom is 0.225 e. The molecule has 0 unspecified atom stereocenters. The van der Waals surface area contributed by atoms with E-state index in [1.807, 2.05) is 0 Å². The molecule has 39 heavy (non-hydrogen) atoms. The summed E-state index contributed by atoms with van der Waals surface area (Å²) in [5, 5.41) is 2.85. The Morgan fingerprint density at radius 3 is 1.72 bits per heavy atom. The smallest absolute Gasteiger partial charge is 0.225 e. The average molecular weight is 547 g/mol. The number of amides is 1. The van der Waals surface area contributed by atoms with Crippen LogP contribution in [0.3, 0.4) is 0 Å². The molecule has 1 fully saturated rings. The summed E-state index contributed by atoms with van der Waals surface area (Å²) in [4.78, 5) is 44.4. The van der Waals surface area contributed by atoms with E-state index in [0.717, 1.165) is 38.0 Å². The normalized spacial score (nSPS) is 13.5. The Balaban J connectivity index is 1.20. The van der Waals surface area contributed by atoms with Gasteiger partial charge in [-0.25, -0.2) is 19.9 Å². The third-order valence-electron chi connectivity index (χ3n) is 5.67. The zero-order valence-corrected chi connectivity index (χ0v) is 22.2. The summed E-state index contributed by atoms with van der Waals surface area (Å²) in [6, 6.07) is 0. The molecular formula is C25H38N8O6. The molecule has 3 heterocycles. The van der Waals surface area contributed by atoms with Crippen molar-refractivity contribution in [1.82, 2.24) is 25.3 Å². The second-order valence-electron chi connectivity index (χ2n) is 8.56. The highest BCUT2D eigenvalue weighted by atomic mass is 16.6. The van der Waals surface area contributed by atoms with E-state index in [0.29, 0.717) is 83.4 Å². The van der Waals surface area contributed by atoms with E-state index in [1.165, 1.54) is 12.4 Å². The number of anilines is 2. The van der Waals surface area contributed by atoms with Gasteiger partial charge in [0.05, 0.1) is 58.4 Å². The third-order valence-corrected chi connectivity index (χ3v) is 5.67. The molecule has 0 aliphatic carbocycles. The number of hydrogen-bond donors (Lipinski definition) is 2. The van der Waals surface area contributed by atoms with Gasteiger partial charge in [-0.2, -0.15) is 0 Å². The first-order chi connectivity index (χ1) is 19.2. The van der Waals surface area contributed by atoms with Crippen molar-refractivity contribution in [1.29, 1.82) is 0 Å². The number of carbonyl (C=O) groups is 2. The number of aromatic nitrogens is 4. The van der Waals surface area contributed by atoms with Crippen molar-refractivity contribution >= 4 is 24.1 Å². The molecule has 1 saturated heterocycles. The number of nitrogens with two attached hydrogens (primary N) is 1. The van der Waals surface area contributed by atoms with Crippen LogP contribution in [0.4, 0.5) is 11.9 Å². The molecule has 0 spiro atoms. The molecule has 2 aromatic rings. The van der Waals surface area contributed by atoms with Crippen molar-refractivity contribution in [2.75, 3.05) is 95.4 Å². The lowest BCUT2D eigenvalue weighted by Crippen LogP contribution is -2.47. The molecule has 3 N–H and O–H groups in total. The molecule has 0 aromatic carbocycles. The van der Waals surface area contributed by atoms with E-state index in [4.69, 9.17) is 24.7 Å². The molecule has 1 aliphatic rings. The molecule has 14 nitrogen and oxygen atoms in total. The van der Waals surface area contributed by atoms with Gasteiger partial charge in [0, 0.05) is 76.0 Å². The van der Waals surface area contributed by atoms with Gasteiger partial charge < -0.3 is 39.8 Å². The summed E-state index contributed by atoms with van der Waals surface area (Å²) < 4.78 is 21.4. The Morgan fingerprint density at radius 1 is 0.769 bits per heavy atom. The molecule has 0 radical (unpaired) electrons. The van der Waals surface area contributed by atoms with Crippen LogP contribution < -0.4 is 20.9 Å². The van der Waals surface area contributed by atoms with Crippen LogP contribution in [0.5, 0.6) is 0 Å². The second kappa shape index (κ2) is 18.1. The van der Waals surface area contributed by atoms with Gasteiger partial charge in [0.15, 0.2) is 6.29 Å². The fraction of sp³-hybridized carbons (Fsp3) is 0.600. The van der Waals surface area contributed by atoms with E-state index in [2.05, 4.69) is 35.1 Å². The maximum absolute atomic E-state index is 12.1. The molecule has 0 saturated carbocycles. The fourth-order valence-corrected chi connectivity index (χ4v) is 3.56. The van der Waals surface area contributed by atoms with Crippen LogP contribution in [0, 0.1) is 0 Å². The number of hydrogen-bond acceptors (Lipinski definition) is 13. The standard InChI is InChI=1S/C25H38N8O6/c26-2-8-37-10-12-39-14-13-38-11-9-36-7-1-23(35)27-15-21-16-28-24(29-17-21)32-3-5-33(6-4-32)25-30-18-22(20-34)19-31-25/h16-20H,1-15,26H2,(H,27,35). The minimum atomic E-state index is -0.107. The van der Waals surface area contributed by atoms with E-state index >= 15 is 0 Å². The first-order valence-corrected chi connectivity index (χ1v) is 13.1. The summed E-state index contributed by atoms with van der Waals surface area (Å²) in [6.45, 7) is 7.45. The largest absolute Gasteiger partial charge is 0.379 e. The van der Waals surface area contributed by atoms with Crippen molar-refractivity contribution in [2.24, 2.45) is 5.73 Å². The van der Waals surface area contributed by atoms with Crippen LogP contribution in [0.2, 0.25) is 0 Å². The van der Waals surface area contributed by atoms with Crippen molar-refractivity contribution in [2.45, 2.75) is 13.0 Å². The van der Waals surface area contributed by atoms with Crippen LogP contribution in [0.15, 0.2) is 24.8 Å². The van der Waals surface area contributed by atoms with Crippen molar-refractivity contribution in [3.05, 3.63) is 35.9 Å². The lowest BCUT2D eigenvalue weighted by atomic mass is 10.3. The number of piperazine rings is 1. The number of carbonyl (C=O) groups excluding carboxylic acids is 2. The van der Waals surface area contributed by atoms with Gasteiger partial charge in [0.25, 0.3) is 0 Å². The van der Waals surface area contributed by atoms with Crippen LogP contribution >= 0.6 is 0 Å². The van der Waals surface area contributed by atoms with Crippen LogP contribution in [0.1, 0.15) is 22.3 Å². The molecule has 14 heteroatoms. The predicted octanol–water partition coefficient (Wildman–Crippen LogP) is -0.563. The summed E-state index contributed by atoms with van der Waals surface area (Å²) >= 11 is 0. The summed E-state index contributed by atoms with van der Waals surface area (Å²) in [6.07, 6.45) is 7.48. The van der Waals surface area contributed by atoms with Crippen LogP contribution in [-0.4, -0.2) is 118 Å². The van der Waals surface area contributed by atoms with Crippen molar-refractivity contribution in [3.8, 4) is 0 Å². The molecule has 1 amide bonds. The highest BCUT2D eigenvalue weighted by molar-refractivity contribution is 5.76. The van der Waals surface area contributed by atoms with Gasteiger partial charge >= 0.3 is 0 Å². The molecule has 0 bridgehead atoms. The number of nitrogens with one attached hydrogen (secondary N) is 1. The minimum Gasteiger partial charge on any atom is -0.379 e. The fourth-order valence-electron chi connectivity index (χ4n) is 3.56. The van der Waals surface area contributed by atoms with Gasteiger partial charge in [0.2, 0.25) is 17.8 Å². The van der Waals surface area contributed by atoms with E-state index in [9.17, 15) is 9.59 Å². The molecule has 214 valence electrons. The Bertz CT molecular complexity index is 958. The molecule has 1 aliphatic heterocycles. The monoisotopic (exact) mass is 546 g/mol. The number of nitrogens with zero attached hydrogens (tertiary/aromatic N) is 6. The third kappa shape index (κ3) is 11.5. The topological polar surface area (TPSA) is 167 Å². The summed E-state index contributed by atoms with van der Waals surface area (Å²) in [7, 11) is 0. The van der Waals surface area contributed by atoms with E-state index in [-0.39, 0.29) is 12.3 Å². The van der Waals surface area contributed by atoms with Gasteiger partial charge in [0.1, 0.15) is 0 Å². The van der Waals surface area contributed by atoms with E-state index < -0.39 is 0 Å². The van der Waals surface area contributed by atoms with Gasteiger partial charge in [-0.1, -0.05) is 0 Å². The lowest BCUT2D eigenvalue weighted by molar-refractivity contribution is -0.122. The number of rotatable bonds is 19. The Kier molecular flexibility index (Phi) is 14.0. The number of aldehydes is 1. The summed E-state index contributed by atoms with van der Waals surface area (Å²) in [5.74, 6) is 1.14.